The lowest BCUT2D eigenvalue weighted by Crippen LogP contribution is -1.97. The van der Waals surface area contributed by atoms with E-state index in [2.05, 4.69) is 104 Å². The Morgan fingerprint density at radius 1 is 0.553 bits per heavy atom. The SMILES string of the molecule is Brc1ccc2c(c1)c1ncccc1n2-c1ccc(-c2nc(-c3ccccc3)cc(-c3ccccc3)n2)cc1. The van der Waals surface area contributed by atoms with Gasteiger partial charge in [-0.25, -0.2) is 9.97 Å². The van der Waals surface area contributed by atoms with E-state index in [0.717, 1.165) is 60.2 Å². The largest absolute Gasteiger partial charge is 0.308 e. The van der Waals surface area contributed by atoms with Gasteiger partial charge in [0, 0.05) is 38.4 Å². The Kier molecular flexibility index (Phi) is 5.56. The van der Waals surface area contributed by atoms with E-state index in [1.165, 1.54) is 0 Å². The Balaban J connectivity index is 1.37. The van der Waals surface area contributed by atoms with Crippen molar-refractivity contribution in [3.63, 3.8) is 0 Å². The van der Waals surface area contributed by atoms with E-state index in [-0.39, 0.29) is 0 Å². The third-order valence-corrected chi connectivity index (χ3v) is 7.22. The third-order valence-electron chi connectivity index (χ3n) is 6.73. The van der Waals surface area contributed by atoms with Gasteiger partial charge in [0.15, 0.2) is 5.82 Å². The lowest BCUT2D eigenvalue weighted by atomic mass is 10.1. The van der Waals surface area contributed by atoms with Crippen molar-refractivity contribution in [3.05, 3.63) is 132 Å². The normalized spacial score (nSPS) is 11.3. The van der Waals surface area contributed by atoms with Crippen LogP contribution in [0, 0.1) is 0 Å². The first-order valence-corrected chi connectivity index (χ1v) is 13.2. The maximum Gasteiger partial charge on any atom is 0.160 e. The fraction of sp³-hybridized carbons (Fsp3) is 0. The molecule has 0 unspecified atom stereocenters. The molecule has 0 fully saturated rings. The minimum atomic E-state index is 0.699. The van der Waals surface area contributed by atoms with Crippen molar-refractivity contribution < 1.29 is 0 Å². The number of halogens is 1. The van der Waals surface area contributed by atoms with E-state index in [9.17, 15) is 0 Å². The van der Waals surface area contributed by atoms with Crippen molar-refractivity contribution in [3.8, 4) is 39.6 Å². The molecule has 0 aliphatic heterocycles. The van der Waals surface area contributed by atoms with Gasteiger partial charge in [-0.2, -0.15) is 0 Å². The Morgan fingerprint density at radius 3 is 1.87 bits per heavy atom. The molecule has 7 rings (SSSR count). The highest BCUT2D eigenvalue weighted by molar-refractivity contribution is 9.10. The maximum absolute atomic E-state index is 4.97. The molecule has 0 bridgehead atoms. The highest BCUT2D eigenvalue weighted by atomic mass is 79.9. The van der Waals surface area contributed by atoms with E-state index < -0.39 is 0 Å². The van der Waals surface area contributed by atoms with Gasteiger partial charge in [0.1, 0.15) is 0 Å². The van der Waals surface area contributed by atoms with Crippen molar-refractivity contribution >= 4 is 37.9 Å². The molecule has 0 radical (unpaired) electrons. The average Bonchev–Trinajstić information content (AvgIpc) is 3.31. The van der Waals surface area contributed by atoms with Crippen LogP contribution in [0.25, 0.3) is 61.5 Å². The van der Waals surface area contributed by atoms with Crippen LogP contribution in [0.2, 0.25) is 0 Å². The summed E-state index contributed by atoms with van der Waals surface area (Å²) in [4.78, 5) is 14.6. The van der Waals surface area contributed by atoms with Crippen molar-refractivity contribution in [2.45, 2.75) is 0 Å². The van der Waals surface area contributed by atoms with Gasteiger partial charge in [-0.3, -0.25) is 4.98 Å². The van der Waals surface area contributed by atoms with Gasteiger partial charge < -0.3 is 4.57 Å². The lowest BCUT2D eigenvalue weighted by molar-refractivity contribution is 1.16. The molecule has 0 amide bonds. The number of pyridine rings is 1. The Bertz CT molecular complexity index is 1850. The van der Waals surface area contributed by atoms with Crippen molar-refractivity contribution in [1.82, 2.24) is 19.5 Å². The summed E-state index contributed by atoms with van der Waals surface area (Å²) in [6.45, 7) is 0. The highest BCUT2D eigenvalue weighted by Gasteiger charge is 2.15. The van der Waals surface area contributed by atoms with Crippen LogP contribution in [0.4, 0.5) is 0 Å². The van der Waals surface area contributed by atoms with Crippen molar-refractivity contribution in [1.29, 1.82) is 0 Å². The zero-order chi connectivity index (χ0) is 25.5. The minimum absolute atomic E-state index is 0.699. The molecule has 5 heteroatoms. The Hall–Kier alpha value is -4.61. The summed E-state index contributed by atoms with van der Waals surface area (Å²) in [6.07, 6.45) is 1.84. The molecule has 0 saturated heterocycles. The fourth-order valence-electron chi connectivity index (χ4n) is 4.94. The van der Waals surface area contributed by atoms with Gasteiger partial charge in [0.25, 0.3) is 0 Å². The smallest absolute Gasteiger partial charge is 0.160 e. The maximum atomic E-state index is 4.97. The van der Waals surface area contributed by atoms with Gasteiger partial charge in [-0.15, -0.1) is 0 Å². The Morgan fingerprint density at radius 2 is 1.21 bits per heavy atom. The van der Waals surface area contributed by atoms with Crippen molar-refractivity contribution in [2.24, 2.45) is 0 Å². The monoisotopic (exact) mass is 552 g/mol. The predicted molar refractivity (Wildman–Crippen MR) is 158 cm³/mol. The molecule has 3 heterocycles. The summed E-state index contributed by atoms with van der Waals surface area (Å²) in [7, 11) is 0. The van der Waals surface area contributed by atoms with E-state index in [4.69, 9.17) is 9.97 Å². The molecule has 0 aliphatic carbocycles. The first-order chi connectivity index (χ1) is 18.7. The number of benzene rings is 4. The number of rotatable bonds is 4. The summed E-state index contributed by atoms with van der Waals surface area (Å²) < 4.78 is 3.29. The van der Waals surface area contributed by atoms with Crippen LogP contribution in [0.1, 0.15) is 0 Å². The van der Waals surface area contributed by atoms with Gasteiger partial charge in [0.05, 0.1) is 27.9 Å². The van der Waals surface area contributed by atoms with E-state index in [1.807, 2.05) is 48.7 Å². The van der Waals surface area contributed by atoms with Crippen LogP contribution in [-0.4, -0.2) is 19.5 Å². The molecular weight excluding hydrogens is 532 g/mol. The summed E-state index contributed by atoms with van der Waals surface area (Å²) in [5.41, 5.74) is 9.12. The van der Waals surface area contributed by atoms with Crippen LogP contribution in [0.15, 0.2) is 132 Å². The molecule has 4 nitrogen and oxygen atoms in total. The summed E-state index contributed by atoms with van der Waals surface area (Å²) in [5.74, 6) is 0.699. The molecule has 38 heavy (non-hydrogen) atoms. The molecule has 180 valence electrons. The fourth-order valence-corrected chi connectivity index (χ4v) is 5.30. The molecule has 0 saturated carbocycles. The molecule has 0 atom stereocenters. The predicted octanol–water partition coefficient (Wildman–Crippen LogP) is 8.73. The van der Waals surface area contributed by atoms with Crippen LogP contribution in [0.5, 0.6) is 0 Å². The molecule has 0 spiro atoms. The molecule has 0 aliphatic rings. The van der Waals surface area contributed by atoms with E-state index in [1.54, 1.807) is 0 Å². The molecule has 0 N–H and O–H groups in total. The molecule has 4 aromatic carbocycles. The number of fused-ring (bicyclic) bond motifs is 3. The topological polar surface area (TPSA) is 43.6 Å². The average molecular weight is 553 g/mol. The van der Waals surface area contributed by atoms with Crippen LogP contribution in [0.3, 0.4) is 0 Å². The lowest BCUT2D eigenvalue weighted by Gasteiger charge is -2.11. The summed E-state index contributed by atoms with van der Waals surface area (Å²) in [5, 5.41) is 1.12. The summed E-state index contributed by atoms with van der Waals surface area (Å²) in [6, 6.07) is 41.4. The van der Waals surface area contributed by atoms with E-state index in [0.29, 0.717) is 5.82 Å². The zero-order valence-corrected chi connectivity index (χ0v) is 21.9. The quantitative estimate of drug-likeness (QED) is 0.219. The second-order valence-electron chi connectivity index (χ2n) is 9.11. The first kappa shape index (κ1) is 22.6. The standard InChI is InChI=1S/C33H21BrN4/c34-25-15-18-30-27(20-25)32-31(12-7-19-35-32)38(30)26-16-13-24(14-17-26)33-36-28(22-8-3-1-4-9-22)21-29(37-33)23-10-5-2-6-11-23/h1-21H. The molecule has 7 aromatic rings. The Labute approximate surface area is 228 Å². The second kappa shape index (κ2) is 9.36. The number of hydrogen-bond donors (Lipinski definition) is 0. The molecule has 3 aromatic heterocycles. The molecular formula is C33H21BrN4. The van der Waals surface area contributed by atoms with Gasteiger partial charge in [0.2, 0.25) is 0 Å². The van der Waals surface area contributed by atoms with Crippen LogP contribution < -0.4 is 0 Å². The zero-order valence-electron chi connectivity index (χ0n) is 20.3. The second-order valence-corrected chi connectivity index (χ2v) is 10.0. The minimum Gasteiger partial charge on any atom is -0.308 e. The van der Waals surface area contributed by atoms with Gasteiger partial charge >= 0.3 is 0 Å². The third kappa shape index (κ3) is 3.98. The van der Waals surface area contributed by atoms with Gasteiger partial charge in [-0.1, -0.05) is 76.6 Å². The van der Waals surface area contributed by atoms with Crippen molar-refractivity contribution in [2.75, 3.05) is 0 Å². The number of nitrogens with zero attached hydrogens (tertiary/aromatic N) is 4. The summed E-state index contributed by atoms with van der Waals surface area (Å²) >= 11 is 3.61. The number of aromatic nitrogens is 4. The van der Waals surface area contributed by atoms with Gasteiger partial charge in [-0.05, 0) is 60.7 Å². The number of hydrogen-bond acceptors (Lipinski definition) is 3. The van der Waals surface area contributed by atoms with Crippen LogP contribution in [-0.2, 0) is 0 Å². The first-order valence-electron chi connectivity index (χ1n) is 12.4. The van der Waals surface area contributed by atoms with Crippen LogP contribution >= 0.6 is 15.9 Å². The van der Waals surface area contributed by atoms with E-state index >= 15 is 0 Å². The highest BCUT2D eigenvalue weighted by Crippen LogP contribution is 2.33.